The number of amides is 1. The second kappa shape index (κ2) is 7.85. The van der Waals surface area contributed by atoms with Crippen LogP contribution in [-0.2, 0) is 4.79 Å². The van der Waals surface area contributed by atoms with E-state index in [2.05, 4.69) is 15.5 Å². The largest absolute Gasteiger partial charge is 0.356 e. The molecule has 2 aliphatic heterocycles. The van der Waals surface area contributed by atoms with Crippen molar-refractivity contribution in [2.24, 2.45) is 5.92 Å². The molecule has 1 atom stereocenters. The second-order valence-electron chi connectivity index (χ2n) is 6.16. The lowest BCUT2D eigenvalue weighted by Crippen LogP contribution is -2.38. The summed E-state index contributed by atoms with van der Waals surface area (Å²) >= 11 is 0. The normalized spacial score (nSPS) is 25.6. The molecular weight excluding hydrogens is 238 g/mol. The molecule has 0 bridgehead atoms. The lowest BCUT2D eigenvalue weighted by Gasteiger charge is -2.32. The Kier molecular flexibility index (Phi) is 6.11. The van der Waals surface area contributed by atoms with E-state index in [9.17, 15) is 4.79 Å². The van der Waals surface area contributed by atoms with Gasteiger partial charge >= 0.3 is 0 Å². The minimum atomic E-state index is 0.103. The first-order valence-electron chi connectivity index (χ1n) is 7.94. The molecule has 110 valence electrons. The first-order valence-corrected chi connectivity index (χ1v) is 7.94. The number of piperidine rings is 1. The predicted octanol–water partition coefficient (Wildman–Crippen LogP) is 1.37. The molecule has 0 saturated carbocycles. The van der Waals surface area contributed by atoms with Crippen molar-refractivity contribution in [1.82, 2.24) is 15.5 Å². The van der Waals surface area contributed by atoms with Crippen LogP contribution >= 0.6 is 0 Å². The van der Waals surface area contributed by atoms with E-state index in [1.165, 1.54) is 64.7 Å². The molecule has 2 heterocycles. The zero-order chi connectivity index (χ0) is 13.5. The molecule has 0 aromatic heterocycles. The third-order valence-corrected chi connectivity index (χ3v) is 4.54. The van der Waals surface area contributed by atoms with Crippen molar-refractivity contribution in [2.75, 3.05) is 32.7 Å². The first kappa shape index (κ1) is 14.8. The van der Waals surface area contributed by atoms with Gasteiger partial charge in [-0.1, -0.05) is 0 Å². The number of carbonyl (C=O) groups is 1. The van der Waals surface area contributed by atoms with E-state index in [0.717, 1.165) is 12.6 Å². The van der Waals surface area contributed by atoms with Gasteiger partial charge in [0.15, 0.2) is 0 Å². The zero-order valence-corrected chi connectivity index (χ0v) is 12.3. The lowest BCUT2D eigenvalue weighted by molar-refractivity contribution is -0.119. The van der Waals surface area contributed by atoms with E-state index < -0.39 is 0 Å². The summed E-state index contributed by atoms with van der Waals surface area (Å²) in [7, 11) is 0. The summed E-state index contributed by atoms with van der Waals surface area (Å²) in [5.41, 5.74) is 0. The van der Waals surface area contributed by atoms with Gasteiger partial charge < -0.3 is 15.5 Å². The van der Waals surface area contributed by atoms with Gasteiger partial charge in [-0.05, 0) is 70.6 Å². The monoisotopic (exact) mass is 267 g/mol. The van der Waals surface area contributed by atoms with Crippen LogP contribution in [-0.4, -0.2) is 49.6 Å². The van der Waals surface area contributed by atoms with E-state index in [4.69, 9.17) is 0 Å². The topological polar surface area (TPSA) is 44.4 Å². The summed E-state index contributed by atoms with van der Waals surface area (Å²) in [6, 6.07) is 0.789. The molecule has 2 fully saturated rings. The highest BCUT2D eigenvalue weighted by atomic mass is 16.1. The number of carbonyl (C=O) groups excluding carboxylic acids is 1. The maximum absolute atomic E-state index is 10.9. The Balaban J connectivity index is 1.52. The molecule has 2 aliphatic rings. The predicted molar refractivity (Wildman–Crippen MR) is 78.1 cm³/mol. The molecule has 0 aromatic carbocycles. The molecule has 1 amide bonds. The lowest BCUT2D eigenvalue weighted by atomic mass is 9.96. The van der Waals surface area contributed by atoms with Gasteiger partial charge in [0.05, 0.1) is 0 Å². The Hall–Kier alpha value is -0.610. The van der Waals surface area contributed by atoms with Gasteiger partial charge in [0, 0.05) is 19.5 Å². The van der Waals surface area contributed by atoms with Crippen molar-refractivity contribution in [1.29, 1.82) is 0 Å². The highest BCUT2D eigenvalue weighted by molar-refractivity contribution is 5.72. The summed E-state index contributed by atoms with van der Waals surface area (Å²) in [6.07, 6.45) is 7.88. The van der Waals surface area contributed by atoms with Crippen LogP contribution in [0.1, 0.15) is 45.4 Å². The van der Waals surface area contributed by atoms with Crippen LogP contribution < -0.4 is 10.6 Å². The molecule has 4 heteroatoms. The number of hydrogen-bond acceptors (Lipinski definition) is 3. The van der Waals surface area contributed by atoms with Crippen LogP contribution in [0.4, 0.5) is 0 Å². The fourth-order valence-electron chi connectivity index (χ4n) is 3.27. The molecule has 2 rings (SSSR count). The van der Waals surface area contributed by atoms with Crippen LogP contribution in [0, 0.1) is 5.92 Å². The van der Waals surface area contributed by atoms with E-state index in [1.54, 1.807) is 6.92 Å². The van der Waals surface area contributed by atoms with Gasteiger partial charge in [-0.25, -0.2) is 0 Å². The standard InChI is InChI=1S/C15H29N3O/c1-13(19)17-12-14-6-10-18(11-7-14)9-3-5-15-4-2-8-16-15/h14-16H,2-12H2,1H3,(H,17,19). The minimum absolute atomic E-state index is 0.103. The van der Waals surface area contributed by atoms with Gasteiger partial charge in [-0.3, -0.25) is 4.79 Å². The second-order valence-corrected chi connectivity index (χ2v) is 6.16. The quantitative estimate of drug-likeness (QED) is 0.764. The van der Waals surface area contributed by atoms with Crippen molar-refractivity contribution in [2.45, 2.75) is 51.5 Å². The van der Waals surface area contributed by atoms with Crippen molar-refractivity contribution in [3.63, 3.8) is 0 Å². The van der Waals surface area contributed by atoms with Crippen molar-refractivity contribution in [3.8, 4) is 0 Å². The first-order chi connectivity index (χ1) is 9.24. The SMILES string of the molecule is CC(=O)NCC1CCN(CCCC2CCCN2)CC1. The number of rotatable bonds is 6. The molecule has 0 aliphatic carbocycles. The molecular formula is C15H29N3O. The minimum Gasteiger partial charge on any atom is -0.356 e. The Labute approximate surface area is 117 Å². The number of nitrogens with one attached hydrogen (secondary N) is 2. The van der Waals surface area contributed by atoms with Crippen molar-refractivity contribution >= 4 is 5.91 Å². The highest BCUT2D eigenvalue weighted by Gasteiger charge is 2.19. The Morgan fingerprint density at radius 3 is 2.74 bits per heavy atom. The summed E-state index contributed by atoms with van der Waals surface area (Å²) in [6.45, 7) is 7.37. The Morgan fingerprint density at radius 2 is 2.11 bits per heavy atom. The van der Waals surface area contributed by atoms with Gasteiger partial charge in [0.25, 0.3) is 0 Å². The van der Waals surface area contributed by atoms with Crippen LogP contribution in [0.3, 0.4) is 0 Å². The molecule has 2 saturated heterocycles. The third-order valence-electron chi connectivity index (χ3n) is 4.54. The number of likely N-dealkylation sites (tertiary alicyclic amines) is 1. The summed E-state index contributed by atoms with van der Waals surface area (Å²) in [4.78, 5) is 13.5. The summed E-state index contributed by atoms with van der Waals surface area (Å²) in [5.74, 6) is 0.795. The van der Waals surface area contributed by atoms with E-state index in [-0.39, 0.29) is 5.91 Å². The molecule has 1 unspecified atom stereocenters. The Bertz CT molecular complexity index is 269. The highest BCUT2D eigenvalue weighted by Crippen LogP contribution is 2.17. The molecule has 19 heavy (non-hydrogen) atoms. The van der Waals surface area contributed by atoms with Gasteiger partial charge in [0.2, 0.25) is 5.91 Å². The number of hydrogen-bond donors (Lipinski definition) is 2. The number of nitrogens with zero attached hydrogens (tertiary/aromatic N) is 1. The fraction of sp³-hybridized carbons (Fsp3) is 0.933. The summed E-state index contributed by atoms with van der Waals surface area (Å²) < 4.78 is 0. The van der Waals surface area contributed by atoms with Crippen molar-refractivity contribution < 1.29 is 4.79 Å². The van der Waals surface area contributed by atoms with Gasteiger partial charge in [0.1, 0.15) is 0 Å². The average Bonchev–Trinajstić information content (AvgIpc) is 2.91. The molecule has 0 spiro atoms. The molecule has 0 radical (unpaired) electrons. The summed E-state index contributed by atoms with van der Waals surface area (Å²) in [5, 5.41) is 6.51. The van der Waals surface area contributed by atoms with E-state index in [1.807, 2.05) is 0 Å². The van der Waals surface area contributed by atoms with Crippen molar-refractivity contribution in [3.05, 3.63) is 0 Å². The molecule has 2 N–H and O–H groups in total. The van der Waals surface area contributed by atoms with Gasteiger partial charge in [-0.15, -0.1) is 0 Å². The Morgan fingerprint density at radius 1 is 1.32 bits per heavy atom. The van der Waals surface area contributed by atoms with E-state index in [0.29, 0.717) is 5.92 Å². The third kappa shape index (κ3) is 5.49. The molecule has 0 aromatic rings. The van der Waals surface area contributed by atoms with Gasteiger partial charge in [-0.2, -0.15) is 0 Å². The zero-order valence-electron chi connectivity index (χ0n) is 12.3. The smallest absolute Gasteiger partial charge is 0.216 e. The maximum atomic E-state index is 10.9. The van der Waals surface area contributed by atoms with E-state index >= 15 is 0 Å². The van der Waals surface area contributed by atoms with Crippen LogP contribution in [0.5, 0.6) is 0 Å². The van der Waals surface area contributed by atoms with Crippen LogP contribution in [0.25, 0.3) is 0 Å². The fourth-order valence-corrected chi connectivity index (χ4v) is 3.27. The molecule has 4 nitrogen and oxygen atoms in total. The average molecular weight is 267 g/mol. The van der Waals surface area contributed by atoms with Crippen LogP contribution in [0.15, 0.2) is 0 Å². The van der Waals surface area contributed by atoms with Crippen LogP contribution in [0.2, 0.25) is 0 Å². The maximum Gasteiger partial charge on any atom is 0.216 e.